The lowest BCUT2D eigenvalue weighted by atomic mass is 10.3. The van der Waals surface area contributed by atoms with Gasteiger partial charge in [0, 0.05) is 32.6 Å². The molecule has 1 aliphatic rings. The molecule has 2 rings (SSSR count). The van der Waals surface area contributed by atoms with Crippen LogP contribution in [0.2, 0.25) is 0 Å². The Morgan fingerprint density at radius 3 is 2.62 bits per heavy atom. The molecule has 0 amide bonds. The van der Waals surface area contributed by atoms with Crippen molar-refractivity contribution < 1.29 is 4.74 Å². The summed E-state index contributed by atoms with van der Waals surface area (Å²) >= 11 is 0. The lowest BCUT2D eigenvalue weighted by molar-refractivity contribution is 0.313. The van der Waals surface area contributed by atoms with Crippen LogP contribution >= 0.6 is 24.0 Å². The van der Waals surface area contributed by atoms with Crippen LogP contribution in [0.3, 0.4) is 0 Å². The van der Waals surface area contributed by atoms with E-state index < -0.39 is 0 Å². The van der Waals surface area contributed by atoms with E-state index >= 15 is 0 Å². The normalized spacial score (nSPS) is 14.7. The number of hydrogen-bond acceptors (Lipinski definition) is 2. The number of hydrogen-bond donors (Lipinski definition) is 1. The zero-order chi connectivity index (χ0) is 14.0. The number of nitrogens with zero attached hydrogens (tertiary/aromatic N) is 2. The molecule has 0 bridgehead atoms. The van der Waals surface area contributed by atoms with Crippen LogP contribution in [0.5, 0.6) is 5.75 Å². The second-order valence-electron chi connectivity index (χ2n) is 4.94. The zero-order valence-electron chi connectivity index (χ0n) is 12.8. The highest BCUT2D eigenvalue weighted by Gasteiger charge is 2.14. The van der Waals surface area contributed by atoms with Gasteiger partial charge >= 0.3 is 0 Å². The van der Waals surface area contributed by atoms with E-state index in [0.717, 1.165) is 44.3 Å². The molecule has 4 nitrogen and oxygen atoms in total. The van der Waals surface area contributed by atoms with Gasteiger partial charge in [-0.05, 0) is 31.9 Å². The van der Waals surface area contributed by atoms with Gasteiger partial charge in [-0.2, -0.15) is 0 Å². The summed E-state index contributed by atoms with van der Waals surface area (Å²) < 4.78 is 5.67. The molecule has 0 aliphatic carbocycles. The first kappa shape index (κ1) is 18.1. The number of guanidine groups is 1. The summed E-state index contributed by atoms with van der Waals surface area (Å²) in [5.41, 5.74) is 0. The predicted molar refractivity (Wildman–Crippen MR) is 98.8 cm³/mol. The van der Waals surface area contributed by atoms with E-state index in [0.29, 0.717) is 6.61 Å². The van der Waals surface area contributed by atoms with Crippen LogP contribution in [0.4, 0.5) is 0 Å². The average molecular weight is 403 g/mol. The molecule has 0 saturated carbocycles. The van der Waals surface area contributed by atoms with Gasteiger partial charge in [-0.1, -0.05) is 18.2 Å². The number of ether oxygens (including phenoxy) is 1. The molecule has 0 unspecified atom stereocenters. The fraction of sp³-hybridized carbons (Fsp3) is 0.562. The fourth-order valence-corrected chi connectivity index (χ4v) is 2.31. The number of nitrogens with one attached hydrogen (secondary N) is 1. The minimum Gasteiger partial charge on any atom is -0.494 e. The van der Waals surface area contributed by atoms with Crippen LogP contribution in [-0.4, -0.2) is 43.6 Å². The number of para-hydroxylation sites is 1. The Labute approximate surface area is 145 Å². The Kier molecular flexibility index (Phi) is 9.21. The first-order chi connectivity index (χ1) is 9.90. The molecule has 1 fully saturated rings. The first-order valence-corrected chi connectivity index (χ1v) is 7.61. The Hall–Kier alpha value is -0.980. The van der Waals surface area contributed by atoms with Gasteiger partial charge in [0.25, 0.3) is 0 Å². The van der Waals surface area contributed by atoms with Crippen LogP contribution in [-0.2, 0) is 0 Å². The molecule has 1 aliphatic heterocycles. The van der Waals surface area contributed by atoms with Crippen molar-refractivity contribution in [2.75, 3.05) is 32.8 Å². The van der Waals surface area contributed by atoms with Gasteiger partial charge in [0.15, 0.2) is 5.96 Å². The van der Waals surface area contributed by atoms with Crippen molar-refractivity contribution in [3.63, 3.8) is 0 Å². The minimum absolute atomic E-state index is 0. The summed E-state index contributed by atoms with van der Waals surface area (Å²) in [5.74, 6) is 1.99. The summed E-state index contributed by atoms with van der Waals surface area (Å²) in [6, 6.07) is 9.94. The Bertz CT molecular complexity index is 405. The summed E-state index contributed by atoms with van der Waals surface area (Å²) in [4.78, 5) is 7.03. The molecule has 1 N–H and O–H groups in total. The van der Waals surface area contributed by atoms with Crippen molar-refractivity contribution in [3.05, 3.63) is 30.3 Å². The molecule has 1 aromatic carbocycles. The maximum Gasteiger partial charge on any atom is 0.193 e. The molecule has 0 aromatic heterocycles. The molecule has 0 radical (unpaired) electrons. The van der Waals surface area contributed by atoms with Gasteiger partial charge in [0.1, 0.15) is 5.75 Å². The third kappa shape index (κ3) is 6.54. The fourth-order valence-electron chi connectivity index (χ4n) is 2.31. The highest BCUT2D eigenvalue weighted by atomic mass is 127. The average Bonchev–Trinajstić information content (AvgIpc) is 3.01. The second kappa shape index (κ2) is 10.7. The SMILES string of the molecule is CCNC(=NCCCOc1ccccc1)N1CCCC1.I. The van der Waals surface area contributed by atoms with Gasteiger partial charge in [-0.25, -0.2) is 0 Å². The Morgan fingerprint density at radius 1 is 1.24 bits per heavy atom. The van der Waals surface area contributed by atoms with E-state index in [2.05, 4.69) is 22.1 Å². The smallest absolute Gasteiger partial charge is 0.193 e. The van der Waals surface area contributed by atoms with Crippen molar-refractivity contribution in [2.45, 2.75) is 26.2 Å². The molecule has 21 heavy (non-hydrogen) atoms. The number of rotatable bonds is 6. The molecule has 0 spiro atoms. The first-order valence-electron chi connectivity index (χ1n) is 7.61. The van der Waals surface area contributed by atoms with Gasteiger partial charge in [0.2, 0.25) is 0 Å². The maximum absolute atomic E-state index is 5.67. The van der Waals surface area contributed by atoms with E-state index in [-0.39, 0.29) is 24.0 Å². The molecular formula is C16H26IN3O. The van der Waals surface area contributed by atoms with Crippen LogP contribution in [0.1, 0.15) is 26.2 Å². The van der Waals surface area contributed by atoms with Crippen LogP contribution in [0.25, 0.3) is 0 Å². The second-order valence-corrected chi connectivity index (χ2v) is 4.94. The third-order valence-corrected chi connectivity index (χ3v) is 3.32. The number of aliphatic imine (C=N–C) groups is 1. The van der Waals surface area contributed by atoms with Crippen molar-refractivity contribution in [1.29, 1.82) is 0 Å². The summed E-state index contributed by atoms with van der Waals surface area (Å²) in [7, 11) is 0. The molecule has 0 atom stereocenters. The molecule has 1 aromatic rings. The minimum atomic E-state index is 0. The van der Waals surface area contributed by atoms with E-state index in [9.17, 15) is 0 Å². The highest BCUT2D eigenvalue weighted by molar-refractivity contribution is 14.0. The van der Waals surface area contributed by atoms with Crippen LogP contribution in [0, 0.1) is 0 Å². The maximum atomic E-state index is 5.67. The number of likely N-dealkylation sites (tertiary alicyclic amines) is 1. The topological polar surface area (TPSA) is 36.9 Å². The van der Waals surface area contributed by atoms with E-state index in [1.807, 2.05) is 30.3 Å². The van der Waals surface area contributed by atoms with Crippen LogP contribution < -0.4 is 10.1 Å². The van der Waals surface area contributed by atoms with Gasteiger partial charge < -0.3 is 15.0 Å². The van der Waals surface area contributed by atoms with Crippen molar-refractivity contribution in [2.24, 2.45) is 4.99 Å². The van der Waals surface area contributed by atoms with Crippen molar-refractivity contribution in [1.82, 2.24) is 10.2 Å². The summed E-state index contributed by atoms with van der Waals surface area (Å²) in [6.45, 7) is 6.83. The standard InChI is InChI=1S/C16H25N3O.HI/c1-2-17-16(19-12-6-7-13-19)18-11-8-14-20-15-9-4-3-5-10-15;/h3-5,9-10H,2,6-8,11-14H2,1H3,(H,17,18);1H. The Morgan fingerprint density at radius 2 is 1.95 bits per heavy atom. The van der Waals surface area contributed by atoms with Gasteiger partial charge in [-0.15, -0.1) is 24.0 Å². The lowest BCUT2D eigenvalue weighted by Crippen LogP contribution is -2.39. The highest BCUT2D eigenvalue weighted by Crippen LogP contribution is 2.09. The van der Waals surface area contributed by atoms with Crippen LogP contribution in [0.15, 0.2) is 35.3 Å². The Balaban J connectivity index is 0.00000220. The van der Waals surface area contributed by atoms with Gasteiger partial charge in [0.05, 0.1) is 6.61 Å². The van der Waals surface area contributed by atoms with Gasteiger partial charge in [-0.3, -0.25) is 4.99 Å². The summed E-state index contributed by atoms with van der Waals surface area (Å²) in [6.07, 6.45) is 3.50. The predicted octanol–water partition coefficient (Wildman–Crippen LogP) is 3.13. The van der Waals surface area contributed by atoms with E-state index in [1.165, 1.54) is 12.8 Å². The number of halogens is 1. The molecule has 1 heterocycles. The third-order valence-electron chi connectivity index (χ3n) is 3.32. The molecule has 118 valence electrons. The monoisotopic (exact) mass is 403 g/mol. The van der Waals surface area contributed by atoms with E-state index in [4.69, 9.17) is 4.74 Å². The van der Waals surface area contributed by atoms with E-state index in [1.54, 1.807) is 0 Å². The largest absolute Gasteiger partial charge is 0.494 e. The quantitative estimate of drug-likeness (QED) is 0.343. The molecular weight excluding hydrogens is 377 g/mol. The zero-order valence-corrected chi connectivity index (χ0v) is 15.1. The lowest BCUT2D eigenvalue weighted by Gasteiger charge is -2.20. The summed E-state index contributed by atoms with van der Waals surface area (Å²) in [5, 5.41) is 3.37. The molecule has 5 heteroatoms. The number of benzene rings is 1. The van der Waals surface area contributed by atoms with Crippen molar-refractivity contribution in [3.8, 4) is 5.75 Å². The molecule has 1 saturated heterocycles. The van der Waals surface area contributed by atoms with Crippen molar-refractivity contribution >= 4 is 29.9 Å².